The van der Waals surface area contributed by atoms with Gasteiger partial charge in [0.25, 0.3) is 5.91 Å². The predicted octanol–water partition coefficient (Wildman–Crippen LogP) is 4.05. The Morgan fingerprint density at radius 2 is 1.69 bits per heavy atom. The SMILES string of the molecule is COc1ccc(NC(=O)C2CCN(C(=O)c3ccc4c(c3)nnn4C3CCCC3)CC2)cc1OC. The Hall–Kier alpha value is -3.62. The van der Waals surface area contributed by atoms with Crippen LogP contribution in [0.3, 0.4) is 0 Å². The Bertz CT molecular complexity index is 1230. The van der Waals surface area contributed by atoms with E-state index in [0.717, 1.165) is 23.9 Å². The van der Waals surface area contributed by atoms with E-state index in [2.05, 4.69) is 15.6 Å². The molecule has 184 valence electrons. The molecule has 2 aliphatic rings. The molecule has 3 aromatic rings. The van der Waals surface area contributed by atoms with Gasteiger partial charge in [-0.15, -0.1) is 5.10 Å². The van der Waals surface area contributed by atoms with E-state index in [0.29, 0.717) is 54.7 Å². The van der Waals surface area contributed by atoms with Gasteiger partial charge >= 0.3 is 0 Å². The summed E-state index contributed by atoms with van der Waals surface area (Å²) in [5.74, 6) is 0.943. The molecule has 35 heavy (non-hydrogen) atoms. The van der Waals surface area contributed by atoms with Crippen molar-refractivity contribution in [3.8, 4) is 11.5 Å². The number of ether oxygens (including phenoxy) is 2. The monoisotopic (exact) mass is 477 g/mol. The lowest BCUT2D eigenvalue weighted by Crippen LogP contribution is -2.41. The highest BCUT2D eigenvalue weighted by molar-refractivity contribution is 5.98. The normalized spacial score (nSPS) is 17.0. The Morgan fingerprint density at radius 1 is 0.943 bits per heavy atom. The predicted molar refractivity (Wildman–Crippen MR) is 132 cm³/mol. The Labute approximate surface area is 204 Å². The number of hydrogen-bond donors (Lipinski definition) is 1. The second-order valence-electron chi connectivity index (χ2n) is 9.30. The molecule has 0 unspecified atom stereocenters. The van der Waals surface area contributed by atoms with Crippen LogP contribution in [-0.4, -0.2) is 59.0 Å². The number of anilines is 1. The van der Waals surface area contributed by atoms with Gasteiger partial charge in [-0.3, -0.25) is 9.59 Å². The number of amides is 2. The van der Waals surface area contributed by atoms with Crippen molar-refractivity contribution >= 4 is 28.5 Å². The van der Waals surface area contributed by atoms with Crippen molar-refractivity contribution in [1.29, 1.82) is 0 Å². The van der Waals surface area contributed by atoms with Crippen molar-refractivity contribution in [3.63, 3.8) is 0 Å². The van der Waals surface area contributed by atoms with E-state index in [4.69, 9.17) is 9.47 Å². The highest BCUT2D eigenvalue weighted by Crippen LogP contribution is 2.32. The number of nitrogens with zero attached hydrogens (tertiary/aromatic N) is 4. The molecule has 2 fully saturated rings. The lowest BCUT2D eigenvalue weighted by molar-refractivity contribution is -0.121. The van der Waals surface area contributed by atoms with Crippen LogP contribution in [-0.2, 0) is 4.79 Å². The maximum absolute atomic E-state index is 13.1. The quantitative estimate of drug-likeness (QED) is 0.575. The van der Waals surface area contributed by atoms with Gasteiger partial charge in [-0.05, 0) is 56.0 Å². The Balaban J connectivity index is 1.19. The van der Waals surface area contributed by atoms with Crippen LogP contribution in [0.25, 0.3) is 11.0 Å². The van der Waals surface area contributed by atoms with E-state index in [1.54, 1.807) is 32.4 Å². The molecule has 1 N–H and O–H groups in total. The summed E-state index contributed by atoms with van der Waals surface area (Å²) in [5.41, 5.74) is 3.01. The molecule has 2 aromatic carbocycles. The van der Waals surface area contributed by atoms with Crippen LogP contribution in [0, 0.1) is 5.92 Å². The molecule has 9 nitrogen and oxygen atoms in total. The number of likely N-dealkylation sites (tertiary alicyclic amines) is 1. The smallest absolute Gasteiger partial charge is 0.253 e. The number of piperidine rings is 1. The molecule has 1 aliphatic carbocycles. The molecule has 9 heteroatoms. The minimum absolute atomic E-state index is 0.0268. The molecule has 1 aliphatic heterocycles. The molecular weight excluding hydrogens is 446 g/mol. The number of carbonyl (C=O) groups excluding carboxylic acids is 2. The maximum Gasteiger partial charge on any atom is 0.253 e. The Morgan fingerprint density at radius 3 is 2.40 bits per heavy atom. The minimum atomic E-state index is -0.152. The lowest BCUT2D eigenvalue weighted by atomic mass is 9.95. The molecule has 1 saturated heterocycles. The topological polar surface area (TPSA) is 98.6 Å². The fourth-order valence-electron chi connectivity index (χ4n) is 5.18. The number of nitrogens with one attached hydrogen (secondary N) is 1. The average Bonchev–Trinajstić information content (AvgIpc) is 3.57. The first-order chi connectivity index (χ1) is 17.1. The highest BCUT2D eigenvalue weighted by atomic mass is 16.5. The summed E-state index contributed by atoms with van der Waals surface area (Å²) in [4.78, 5) is 27.8. The molecule has 2 amide bonds. The number of rotatable bonds is 6. The van der Waals surface area contributed by atoms with E-state index >= 15 is 0 Å². The summed E-state index contributed by atoms with van der Waals surface area (Å²) >= 11 is 0. The van der Waals surface area contributed by atoms with Gasteiger partial charge < -0.3 is 19.7 Å². The third kappa shape index (κ3) is 4.67. The molecular formula is C26H31N5O4. The summed E-state index contributed by atoms with van der Waals surface area (Å²) in [5, 5.41) is 11.6. The zero-order valence-corrected chi connectivity index (χ0v) is 20.2. The van der Waals surface area contributed by atoms with Crippen LogP contribution in [0.2, 0.25) is 0 Å². The van der Waals surface area contributed by atoms with Gasteiger partial charge in [0.2, 0.25) is 5.91 Å². The molecule has 0 bridgehead atoms. The van der Waals surface area contributed by atoms with Gasteiger partial charge in [0.05, 0.1) is 25.8 Å². The van der Waals surface area contributed by atoms with Crippen molar-refractivity contribution in [2.24, 2.45) is 5.92 Å². The van der Waals surface area contributed by atoms with Crippen LogP contribution in [0.15, 0.2) is 36.4 Å². The fourth-order valence-corrected chi connectivity index (χ4v) is 5.18. The number of methoxy groups -OCH3 is 2. The number of hydrogen-bond acceptors (Lipinski definition) is 6. The molecule has 2 heterocycles. The standard InChI is InChI=1S/C26H31N5O4/c1-34-23-10-8-19(16-24(23)35-2)27-25(32)17-11-13-30(14-12-17)26(33)18-7-9-22-21(15-18)28-29-31(22)20-5-3-4-6-20/h7-10,15-17,20H,3-6,11-14H2,1-2H3,(H,27,32). The average molecular weight is 478 g/mol. The number of aromatic nitrogens is 3. The lowest BCUT2D eigenvalue weighted by Gasteiger charge is -2.31. The third-order valence-corrected chi connectivity index (χ3v) is 7.19. The largest absolute Gasteiger partial charge is 0.493 e. The second kappa shape index (κ2) is 9.93. The van der Waals surface area contributed by atoms with E-state index in [-0.39, 0.29) is 17.7 Å². The van der Waals surface area contributed by atoms with Crippen molar-refractivity contribution in [3.05, 3.63) is 42.0 Å². The van der Waals surface area contributed by atoms with E-state index in [1.807, 2.05) is 27.8 Å². The molecule has 0 atom stereocenters. The molecule has 0 spiro atoms. The zero-order chi connectivity index (χ0) is 24.4. The van der Waals surface area contributed by atoms with E-state index in [9.17, 15) is 9.59 Å². The minimum Gasteiger partial charge on any atom is -0.493 e. The summed E-state index contributed by atoms with van der Waals surface area (Å²) < 4.78 is 12.6. The van der Waals surface area contributed by atoms with Gasteiger partial charge in [-0.1, -0.05) is 18.1 Å². The van der Waals surface area contributed by atoms with Crippen molar-refractivity contribution in [1.82, 2.24) is 19.9 Å². The first-order valence-corrected chi connectivity index (χ1v) is 12.2. The second-order valence-corrected chi connectivity index (χ2v) is 9.30. The first kappa shape index (κ1) is 23.1. The molecule has 5 rings (SSSR count). The fraction of sp³-hybridized carbons (Fsp3) is 0.462. The van der Waals surface area contributed by atoms with Crippen molar-refractivity contribution in [2.75, 3.05) is 32.6 Å². The molecule has 1 aromatic heterocycles. The number of benzene rings is 2. The Kier molecular flexibility index (Phi) is 6.57. The molecule has 1 saturated carbocycles. The van der Waals surface area contributed by atoms with Gasteiger partial charge in [0.15, 0.2) is 11.5 Å². The van der Waals surface area contributed by atoms with Crippen molar-refractivity contribution < 1.29 is 19.1 Å². The third-order valence-electron chi connectivity index (χ3n) is 7.19. The summed E-state index contributed by atoms with van der Waals surface area (Å²) in [7, 11) is 3.13. The van der Waals surface area contributed by atoms with Gasteiger partial charge in [0.1, 0.15) is 5.52 Å². The van der Waals surface area contributed by atoms with Crippen LogP contribution >= 0.6 is 0 Å². The van der Waals surface area contributed by atoms with Crippen LogP contribution in [0.1, 0.15) is 54.9 Å². The highest BCUT2D eigenvalue weighted by Gasteiger charge is 2.28. The van der Waals surface area contributed by atoms with Crippen LogP contribution in [0.4, 0.5) is 5.69 Å². The zero-order valence-electron chi connectivity index (χ0n) is 20.2. The number of carbonyl (C=O) groups is 2. The summed E-state index contributed by atoms with van der Waals surface area (Å²) in [6.45, 7) is 1.07. The van der Waals surface area contributed by atoms with E-state index < -0.39 is 0 Å². The summed E-state index contributed by atoms with van der Waals surface area (Å²) in [6.07, 6.45) is 5.95. The van der Waals surface area contributed by atoms with Gasteiger partial charge in [-0.25, -0.2) is 4.68 Å². The van der Waals surface area contributed by atoms with Crippen molar-refractivity contribution in [2.45, 2.75) is 44.6 Å². The van der Waals surface area contributed by atoms with Crippen LogP contribution in [0.5, 0.6) is 11.5 Å². The first-order valence-electron chi connectivity index (χ1n) is 12.2. The maximum atomic E-state index is 13.1. The van der Waals surface area contributed by atoms with Gasteiger partial charge in [0, 0.05) is 36.3 Å². The van der Waals surface area contributed by atoms with Gasteiger partial charge in [-0.2, -0.15) is 0 Å². The number of fused-ring (bicyclic) bond motifs is 1. The molecule has 0 radical (unpaired) electrons. The summed E-state index contributed by atoms with van der Waals surface area (Å²) in [6, 6.07) is 11.4. The van der Waals surface area contributed by atoms with Crippen LogP contribution < -0.4 is 14.8 Å². The van der Waals surface area contributed by atoms with E-state index in [1.165, 1.54) is 12.8 Å².